The van der Waals surface area contributed by atoms with Gasteiger partial charge in [-0.05, 0) is 24.3 Å². The van der Waals surface area contributed by atoms with E-state index >= 15 is 0 Å². The molecule has 0 saturated carbocycles. The van der Waals surface area contributed by atoms with Crippen LogP contribution >= 0.6 is 23.4 Å². The molecule has 3 heterocycles. The molecule has 2 aromatic carbocycles. The van der Waals surface area contributed by atoms with Gasteiger partial charge in [-0.25, -0.2) is 24.3 Å². The molecule has 9 nitrogen and oxygen atoms in total. The van der Waals surface area contributed by atoms with Crippen LogP contribution in [-0.2, 0) is 4.79 Å². The lowest BCUT2D eigenvalue weighted by molar-refractivity contribution is -0.113. The Balaban J connectivity index is 1.38. The van der Waals surface area contributed by atoms with Crippen LogP contribution in [0, 0.1) is 17.1 Å². The standard InChI is InChI=1S/C27H22ClFN8OS/c28-21-15-19(7-8-22(21)29)33-23(38)17-39-27-34-24(18-5-2-1-3-6-18)20(16-30)25(35-27)36-11-13-37(14-12-36)26-31-9-4-10-32-26/h1-10,15H,11-14,17H2,(H,33,38). The summed E-state index contributed by atoms with van der Waals surface area (Å²) in [6.45, 7) is 2.53. The fraction of sp³-hybridized carbons (Fsp3) is 0.185. The van der Waals surface area contributed by atoms with Gasteiger partial charge in [0.2, 0.25) is 11.9 Å². The summed E-state index contributed by atoms with van der Waals surface area (Å²) in [5.74, 6) is 0.305. The van der Waals surface area contributed by atoms with Gasteiger partial charge in [0.25, 0.3) is 0 Å². The van der Waals surface area contributed by atoms with Crippen LogP contribution in [-0.4, -0.2) is 57.8 Å². The summed E-state index contributed by atoms with van der Waals surface area (Å²) in [6.07, 6.45) is 3.42. The number of benzene rings is 2. The lowest BCUT2D eigenvalue weighted by Gasteiger charge is -2.35. The normalized spacial score (nSPS) is 13.2. The van der Waals surface area contributed by atoms with E-state index in [1.165, 1.54) is 18.2 Å². The molecule has 12 heteroatoms. The van der Waals surface area contributed by atoms with Crippen molar-refractivity contribution >= 4 is 46.7 Å². The minimum atomic E-state index is -0.562. The van der Waals surface area contributed by atoms with Crippen LogP contribution < -0.4 is 15.1 Å². The smallest absolute Gasteiger partial charge is 0.234 e. The molecule has 0 aliphatic carbocycles. The monoisotopic (exact) mass is 560 g/mol. The molecule has 0 spiro atoms. The van der Waals surface area contributed by atoms with Crippen LogP contribution in [0.2, 0.25) is 5.02 Å². The van der Waals surface area contributed by atoms with Crippen LogP contribution in [0.25, 0.3) is 11.3 Å². The minimum absolute atomic E-state index is 0.00763. The number of nitriles is 1. The first-order valence-corrected chi connectivity index (χ1v) is 13.4. The van der Waals surface area contributed by atoms with Crippen molar-refractivity contribution in [2.75, 3.05) is 47.0 Å². The van der Waals surface area contributed by atoms with Crippen molar-refractivity contribution in [2.45, 2.75) is 5.16 Å². The van der Waals surface area contributed by atoms with Crippen molar-refractivity contribution in [2.24, 2.45) is 0 Å². The van der Waals surface area contributed by atoms with E-state index < -0.39 is 5.82 Å². The van der Waals surface area contributed by atoms with Gasteiger partial charge in [0.05, 0.1) is 16.5 Å². The Morgan fingerprint density at radius 1 is 1.03 bits per heavy atom. The number of hydrogen-bond acceptors (Lipinski definition) is 9. The van der Waals surface area contributed by atoms with Crippen molar-refractivity contribution in [3.8, 4) is 17.3 Å². The highest BCUT2D eigenvalue weighted by atomic mass is 35.5. The number of rotatable bonds is 7. The SMILES string of the molecule is N#Cc1c(-c2ccccc2)nc(SCC(=O)Nc2ccc(F)c(Cl)c2)nc1N1CCN(c2ncccn2)CC1. The number of thioether (sulfide) groups is 1. The number of aromatic nitrogens is 4. The zero-order valence-electron chi connectivity index (χ0n) is 20.6. The molecule has 1 aliphatic heterocycles. The zero-order valence-corrected chi connectivity index (χ0v) is 22.2. The van der Waals surface area contributed by atoms with Gasteiger partial charge < -0.3 is 15.1 Å². The van der Waals surface area contributed by atoms with Crippen molar-refractivity contribution < 1.29 is 9.18 Å². The van der Waals surface area contributed by atoms with Crippen LogP contribution in [0.5, 0.6) is 0 Å². The number of nitrogens with one attached hydrogen (secondary N) is 1. The maximum absolute atomic E-state index is 13.4. The fourth-order valence-corrected chi connectivity index (χ4v) is 4.92. The number of piperazine rings is 1. The molecule has 0 atom stereocenters. The van der Waals surface area contributed by atoms with Crippen LogP contribution in [0.1, 0.15) is 5.56 Å². The minimum Gasteiger partial charge on any atom is -0.352 e. The summed E-state index contributed by atoms with van der Waals surface area (Å²) < 4.78 is 13.4. The number of carbonyl (C=O) groups is 1. The first-order chi connectivity index (χ1) is 19.0. The summed E-state index contributed by atoms with van der Waals surface area (Å²) in [5.41, 5.74) is 2.05. The summed E-state index contributed by atoms with van der Waals surface area (Å²) in [4.78, 5) is 34.8. The lowest BCUT2D eigenvalue weighted by atomic mass is 10.1. The number of anilines is 3. The van der Waals surface area contributed by atoms with E-state index in [1.54, 1.807) is 18.5 Å². The summed E-state index contributed by atoms with van der Waals surface area (Å²) in [7, 11) is 0. The van der Waals surface area contributed by atoms with Gasteiger partial charge >= 0.3 is 0 Å². The molecule has 1 amide bonds. The number of halogens is 2. The molecule has 5 rings (SSSR count). The van der Waals surface area contributed by atoms with E-state index in [2.05, 4.69) is 36.1 Å². The maximum atomic E-state index is 13.4. The summed E-state index contributed by atoms with van der Waals surface area (Å²) in [5, 5.41) is 13.1. The average molecular weight is 561 g/mol. The molecular formula is C27H22ClFN8OS. The largest absolute Gasteiger partial charge is 0.352 e. The highest BCUT2D eigenvalue weighted by molar-refractivity contribution is 7.99. The second-order valence-corrected chi connectivity index (χ2v) is 9.87. The zero-order chi connectivity index (χ0) is 27.2. The van der Waals surface area contributed by atoms with Crippen molar-refractivity contribution in [3.63, 3.8) is 0 Å². The van der Waals surface area contributed by atoms with Gasteiger partial charge in [0.1, 0.15) is 17.4 Å². The van der Waals surface area contributed by atoms with Crippen LogP contribution in [0.15, 0.2) is 72.1 Å². The van der Waals surface area contributed by atoms with Crippen LogP contribution in [0.4, 0.5) is 21.8 Å². The summed E-state index contributed by atoms with van der Waals surface area (Å²) in [6, 6.07) is 17.5. The Morgan fingerprint density at radius 2 is 1.74 bits per heavy atom. The highest BCUT2D eigenvalue weighted by Crippen LogP contribution is 2.32. The molecule has 39 heavy (non-hydrogen) atoms. The van der Waals surface area contributed by atoms with E-state index in [0.717, 1.165) is 17.3 Å². The number of hydrogen-bond donors (Lipinski definition) is 1. The van der Waals surface area contributed by atoms with E-state index in [0.29, 0.717) is 60.0 Å². The Kier molecular flexibility index (Phi) is 8.15. The molecule has 1 N–H and O–H groups in total. The predicted molar refractivity (Wildman–Crippen MR) is 149 cm³/mol. The number of amides is 1. The first-order valence-electron chi connectivity index (χ1n) is 12.0. The molecule has 1 aliphatic rings. The van der Waals surface area contributed by atoms with E-state index in [4.69, 9.17) is 16.6 Å². The predicted octanol–water partition coefficient (Wildman–Crippen LogP) is 4.66. The second-order valence-electron chi connectivity index (χ2n) is 8.52. The molecule has 1 saturated heterocycles. The van der Waals surface area contributed by atoms with Gasteiger partial charge in [-0.15, -0.1) is 0 Å². The second kappa shape index (κ2) is 12.1. The highest BCUT2D eigenvalue weighted by Gasteiger charge is 2.25. The number of carbonyl (C=O) groups excluding carboxylic acids is 1. The molecule has 4 aromatic rings. The van der Waals surface area contributed by atoms with E-state index in [9.17, 15) is 14.4 Å². The van der Waals surface area contributed by atoms with Crippen LogP contribution in [0.3, 0.4) is 0 Å². The Hall–Kier alpha value is -4.27. The molecule has 1 fully saturated rings. The average Bonchev–Trinajstić information content (AvgIpc) is 2.98. The molecule has 0 radical (unpaired) electrons. The lowest BCUT2D eigenvalue weighted by Crippen LogP contribution is -2.47. The Bertz CT molecular complexity index is 1510. The molecule has 196 valence electrons. The first kappa shape index (κ1) is 26.3. The Morgan fingerprint density at radius 3 is 2.44 bits per heavy atom. The summed E-state index contributed by atoms with van der Waals surface area (Å²) >= 11 is 6.97. The van der Waals surface area contributed by atoms with Gasteiger partial charge in [-0.2, -0.15) is 5.26 Å². The molecular weight excluding hydrogens is 539 g/mol. The molecule has 0 bridgehead atoms. The topological polar surface area (TPSA) is 111 Å². The van der Waals surface area contributed by atoms with Gasteiger partial charge in [-0.1, -0.05) is 53.7 Å². The van der Waals surface area contributed by atoms with Gasteiger partial charge in [0, 0.05) is 49.8 Å². The van der Waals surface area contributed by atoms with Crippen molar-refractivity contribution in [3.05, 3.63) is 83.4 Å². The quantitative estimate of drug-likeness (QED) is 0.255. The maximum Gasteiger partial charge on any atom is 0.234 e. The molecule has 0 unspecified atom stereocenters. The van der Waals surface area contributed by atoms with Crippen molar-refractivity contribution in [1.29, 1.82) is 5.26 Å². The third kappa shape index (κ3) is 6.25. The van der Waals surface area contributed by atoms with Crippen molar-refractivity contribution in [1.82, 2.24) is 19.9 Å². The fourth-order valence-electron chi connectivity index (χ4n) is 4.10. The van der Waals surface area contributed by atoms with Gasteiger partial charge in [0.15, 0.2) is 11.0 Å². The van der Waals surface area contributed by atoms with Gasteiger partial charge in [-0.3, -0.25) is 4.79 Å². The third-order valence-corrected chi connectivity index (χ3v) is 7.12. The molecule has 2 aromatic heterocycles. The Labute approximate surface area is 233 Å². The third-order valence-electron chi connectivity index (χ3n) is 5.98. The van der Waals surface area contributed by atoms with E-state index in [1.807, 2.05) is 30.3 Å². The number of nitrogens with zero attached hydrogens (tertiary/aromatic N) is 7. The van der Waals surface area contributed by atoms with E-state index in [-0.39, 0.29) is 16.7 Å².